The molecule has 1 fully saturated rings. The van der Waals surface area contributed by atoms with Crippen LogP contribution < -0.4 is 10.2 Å². The summed E-state index contributed by atoms with van der Waals surface area (Å²) in [5, 5.41) is 1.82. The summed E-state index contributed by atoms with van der Waals surface area (Å²) in [5.74, 6) is -0.0656. The van der Waals surface area contributed by atoms with Crippen LogP contribution in [0.3, 0.4) is 0 Å². The van der Waals surface area contributed by atoms with E-state index in [0.717, 1.165) is 5.56 Å². The first-order chi connectivity index (χ1) is 11.7. The summed E-state index contributed by atoms with van der Waals surface area (Å²) in [7, 11) is 0. The predicted molar refractivity (Wildman–Crippen MR) is 75.3 cm³/mol. The molecular formula is C14H20N4. The molecule has 1 aliphatic heterocycles. The van der Waals surface area contributed by atoms with Crippen molar-refractivity contribution in [3.63, 3.8) is 0 Å². The fourth-order valence-electron chi connectivity index (χ4n) is 1.92. The van der Waals surface area contributed by atoms with Crippen molar-refractivity contribution in [3.8, 4) is 0 Å². The Labute approximate surface area is 119 Å². The molecule has 1 aliphatic rings. The van der Waals surface area contributed by atoms with E-state index in [1.807, 2.05) is 19.2 Å². The van der Waals surface area contributed by atoms with Crippen molar-refractivity contribution in [2.75, 3.05) is 30.9 Å². The van der Waals surface area contributed by atoms with Gasteiger partial charge >= 0.3 is 0 Å². The zero-order valence-electron chi connectivity index (χ0n) is 18.2. The second-order valence-corrected chi connectivity index (χ2v) is 4.40. The van der Waals surface area contributed by atoms with Crippen LogP contribution in [0.4, 0.5) is 5.82 Å². The topological polar surface area (TPSA) is 44.0 Å². The number of aromatic nitrogens is 2. The number of hydrogen-bond donors (Lipinski definition) is 2. The number of pyridine rings is 1. The van der Waals surface area contributed by atoms with Gasteiger partial charge in [0.2, 0.25) is 0 Å². The molecule has 0 aliphatic carbocycles. The lowest BCUT2D eigenvalue weighted by Crippen LogP contribution is -2.43. The molecule has 0 amide bonds. The molecule has 0 aromatic carbocycles. The van der Waals surface area contributed by atoms with Crippen molar-refractivity contribution in [2.45, 2.75) is 19.8 Å². The molecule has 2 aromatic heterocycles. The van der Waals surface area contributed by atoms with Crippen molar-refractivity contribution in [1.29, 1.82) is 0 Å². The van der Waals surface area contributed by atoms with Crippen LogP contribution in [-0.2, 0) is 0 Å². The molecule has 3 rings (SSSR count). The molecule has 2 aromatic rings. The van der Waals surface area contributed by atoms with Gasteiger partial charge in [0.15, 0.2) is 0 Å². The van der Waals surface area contributed by atoms with E-state index in [9.17, 15) is 0 Å². The molecule has 4 nitrogen and oxygen atoms in total. The van der Waals surface area contributed by atoms with Gasteiger partial charge in [-0.1, -0.05) is 13.8 Å². The minimum atomic E-state index is -2.89. The normalized spacial score (nSPS) is 34.5. The summed E-state index contributed by atoms with van der Waals surface area (Å²) in [6, 6.07) is 2.96. The van der Waals surface area contributed by atoms with E-state index >= 15 is 0 Å². The van der Waals surface area contributed by atoms with Crippen LogP contribution in [0.25, 0.3) is 11.0 Å². The summed E-state index contributed by atoms with van der Waals surface area (Å²) in [5.41, 5.74) is 2.05. The van der Waals surface area contributed by atoms with Gasteiger partial charge in [-0.2, -0.15) is 0 Å². The molecule has 0 bridgehead atoms. The lowest BCUT2D eigenvalue weighted by molar-refractivity contribution is 0.585. The number of nitrogens with one attached hydrogen (secondary N) is 2. The number of nitrogens with zero attached hydrogens (tertiary/aromatic N) is 2. The third kappa shape index (κ3) is 1.97. The number of hydrogen-bond acceptors (Lipinski definition) is 3. The first-order valence-corrected chi connectivity index (χ1v) is 5.80. The molecule has 2 N–H and O–H groups in total. The summed E-state index contributed by atoms with van der Waals surface area (Å²) in [6.45, 7) is -7.57. The van der Waals surface area contributed by atoms with Gasteiger partial charge in [0.05, 0.1) is 16.5 Å². The maximum atomic E-state index is 8.17. The average molecular weight is 252 g/mol. The van der Waals surface area contributed by atoms with E-state index in [1.54, 1.807) is 12.3 Å². The van der Waals surface area contributed by atoms with Gasteiger partial charge in [-0.3, -0.25) is 0 Å². The van der Waals surface area contributed by atoms with Crippen molar-refractivity contribution >= 4 is 16.9 Å². The molecule has 0 atom stereocenters. The van der Waals surface area contributed by atoms with Gasteiger partial charge < -0.3 is 15.2 Å². The molecule has 4 heteroatoms. The molecule has 0 spiro atoms. The quantitative estimate of drug-likeness (QED) is 0.860. The third-order valence-electron chi connectivity index (χ3n) is 2.85. The monoisotopic (exact) mass is 252 g/mol. The third-order valence-corrected chi connectivity index (χ3v) is 2.85. The van der Waals surface area contributed by atoms with Gasteiger partial charge in [-0.15, -0.1) is 0 Å². The van der Waals surface area contributed by atoms with Crippen molar-refractivity contribution in [3.05, 3.63) is 23.9 Å². The Balaban J connectivity index is 2.24. The minimum Gasteiger partial charge on any atom is -0.360 e. The molecule has 0 radical (unpaired) electrons. The molecule has 1 saturated heterocycles. The maximum Gasteiger partial charge on any atom is 0.129 e. The highest BCUT2D eigenvalue weighted by Crippen LogP contribution is 2.25. The predicted octanol–water partition coefficient (Wildman–Crippen LogP) is 2.10. The second kappa shape index (κ2) is 4.61. The van der Waals surface area contributed by atoms with Crippen LogP contribution >= 0.6 is 0 Å². The lowest BCUT2D eigenvalue weighted by atomic mass is 10.1. The van der Waals surface area contributed by atoms with Crippen LogP contribution in [0.5, 0.6) is 0 Å². The van der Waals surface area contributed by atoms with Crippen LogP contribution in [0.2, 0.25) is 0 Å². The van der Waals surface area contributed by atoms with E-state index < -0.39 is 26.0 Å². The Bertz CT molecular complexity index is 819. The number of anilines is 1. The average Bonchev–Trinajstić information content (AvgIpc) is 2.87. The number of piperazine rings is 1. The van der Waals surface area contributed by atoms with Gasteiger partial charge in [-0.05, 0) is 23.6 Å². The standard InChI is InChI=1S/C14H20N4/c1-10(2)11-9-16-12-3-4-13(17-14(11)12)18-7-5-15-6-8-18/h3-4,9-10,15-16H,5-8H2,1-2H3/i5D2,6D2,7D2,8D2. The molecule has 18 heavy (non-hydrogen) atoms. The first-order valence-electron chi connectivity index (χ1n) is 9.80. The van der Waals surface area contributed by atoms with E-state index in [2.05, 4.69) is 9.97 Å². The zero-order chi connectivity index (χ0) is 19.7. The summed E-state index contributed by atoms with van der Waals surface area (Å²) in [4.78, 5) is 7.85. The second-order valence-electron chi connectivity index (χ2n) is 4.40. The summed E-state index contributed by atoms with van der Waals surface area (Å²) < 4.78 is 64.2. The molecule has 0 unspecified atom stereocenters. The van der Waals surface area contributed by atoms with E-state index in [0.29, 0.717) is 15.9 Å². The summed E-state index contributed by atoms with van der Waals surface area (Å²) >= 11 is 0. The molecule has 0 saturated carbocycles. The van der Waals surface area contributed by atoms with Gasteiger partial charge in [0.1, 0.15) is 5.82 Å². The first kappa shape index (κ1) is 5.61. The van der Waals surface area contributed by atoms with E-state index in [1.165, 1.54) is 6.07 Å². The highest BCUT2D eigenvalue weighted by molar-refractivity contribution is 5.81. The Morgan fingerprint density at radius 3 is 2.83 bits per heavy atom. The van der Waals surface area contributed by atoms with Gasteiger partial charge in [0, 0.05) is 37.7 Å². The van der Waals surface area contributed by atoms with Crippen molar-refractivity contribution in [1.82, 2.24) is 15.3 Å². The van der Waals surface area contributed by atoms with E-state index in [-0.39, 0.29) is 11.7 Å². The Morgan fingerprint density at radius 2 is 2.11 bits per heavy atom. The minimum absolute atomic E-state index is 0.112. The number of H-pyrrole nitrogens is 1. The zero-order valence-corrected chi connectivity index (χ0v) is 10.2. The van der Waals surface area contributed by atoms with E-state index in [4.69, 9.17) is 11.0 Å². The van der Waals surface area contributed by atoms with Crippen molar-refractivity contribution < 1.29 is 11.0 Å². The van der Waals surface area contributed by atoms with Crippen LogP contribution in [0.15, 0.2) is 18.3 Å². The molecular weight excluding hydrogens is 224 g/mol. The summed E-state index contributed by atoms with van der Waals surface area (Å²) in [6.07, 6.45) is 1.77. The fraction of sp³-hybridized carbons (Fsp3) is 0.500. The number of rotatable bonds is 2. The Hall–Kier alpha value is -1.55. The van der Waals surface area contributed by atoms with Crippen molar-refractivity contribution in [2.24, 2.45) is 0 Å². The number of fused-ring (bicyclic) bond motifs is 1. The maximum absolute atomic E-state index is 8.17. The highest BCUT2D eigenvalue weighted by Gasteiger charge is 2.14. The Kier molecular flexibility index (Phi) is 1.44. The fourth-order valence-corrected chi connectivity index (χ4v) is 1.92. The molecule has 3 heterocycles. The lowest BCUT2D eigenvalue weighted by Gasteiger charge is -2.28. The number of aromatic amines is 1. The van der Waals surface area contributed by atoms with Gasteiger partial charge in [0.25, 0.3) is 0 Å². The van der Waals surface area contributed by atoms with Crippen LogP contribution in [0.1, 0.15) is 36.3 Å². The van der Waals surface area contributed by atoms with Crippen LogP contribution in [0, 0.1) is 0 Å². The van der Waals surface area contributed by atoms with Crippen LogP contribution in [-0.4, -0.2) is 36.0 Å². The SMILES string of the molecule is [2H]C1([2H])NC([2H])([2H])C([2H])([2H])N(c2ccc3[nH]cc(C(C)C)c3n2)C1([2H])[2H]. The smallest absolute Gasteiger partial charge is 0.129 e. The largest absolute Gasteiger partial charge is 0.360 e. The van der Waals surface area contributed by atoms with Gasteiger partial charge in [-0.25, -0.2) is 4.98 Å². The Morgan fingerprint density at radius 1 is 1.33 bits per heavy atom. The molecule has 96 valence electrons. The highest BCUT2D eigenvalue weighted by atomic mass is 15.2.